The summed E-state index contributed by atoms with van der Waals surface area (Å²) in [7, 11) is -2.74. The van der Waals surface area contributed by atoms with Crippen molar-refractivity contribution in [2.24, 2.45) is 5.14 Å². The molecule has 9 heteroatoms. The Kier molecular flexibility index (Phi) is 4.43. The van der Waals surface area contributed by atoms with Gasteiger partial charge in [0.05, 0.1) is 18.4 Å². The average Bonchev–Trinajstić information content (AvgIpc) is 2.48. The monoisotopic (exact) mass is 338 g/mol. The highest BCUT2D eigenvalue weighted by Crippen LogP contribution is 2.35. The lowest BCUT2D eigenvalue weighted by Crippen LogP contribution is -2.15. The van der Waals surface area contributed by atoms with Crippen molar-refractivity contribution < 1.29 is 27.8 Å². The Morgan fingerprint density at radius 3 is 2.17 bits per heavy atom. The van der Waals surface area contributed by atoms with E-state index in [1.165, 1.54) is 19.2 Å². The van der Waals surface area contributed by atoms with E-state index in [9.17, 15) is 13.2 Å². The smallest absolute Gasteiger partial charge is 0.335 e. The third kappa shape index (κ3) is 3.71. The quantitative estimate of drug-likeness (QED) is 0.700. The van der Waals surface area contributed by atoms with Crippen LogP contribution in [0.4, 0.5) is 5.69 Å². The van der Waals surface area contributed by atoms with E-state index in [0.29, 0.717) is 5.75 Å². The lowest BCUT2D eigenvalue weighted by atomic mass is 10.2. The number of carboxylic acid groups (broad SMARTS) is 1. The van der Waals surface area contributed by atoms with Crippen LogP contribution in [0, 0.1) is 0 Å². The van der Waals surface area contributed by atoms with Crippen LogP contribution in [0.25, 0.3) is 0 Å². The molecule has 2 rings (SSSR count). The van der Waals surface area contributed by atoms with Gasteiger partial charge in [-0.15, -0.1) is 0 Å². The first kappa shape index (κ1) is 16.6. The second-order valence-corrected chi connectivity index (χ2v) is 6.05. The summed E-state index contributed by atoms with van der Waals surface area (Å²) in [4.78, 5) is 10.5. The van der Waals surface area contributed by atoms with Crippen molar-refractivity contribution >= 4 is 21.7 Å². The molecule has 5 N–H and O–H groups in total. The summed E-state index contributed by atoms with van der Waals surface area (Å²) >= 11 is 0. The summed E-state index contributed by atoms with van der Waals surface area (Å²) in [5.41, 5.74) is 5.25. The van der Waals surface area contributed by atoms with Gasteiger partial charge in [0.25, 0.3) is 0 Å². The fourth-order valence-corrected chi connectivity index (χ4v) is 2.54. The molecule has 0 amide bonds. The number of hydrogen-bond donors (Lipinski definition) is 3. The molecule has 0 heterocycles. The van der Waals surface area contributed by atoms with Crippen molar-refractivity contribution in [3.05, 3.63) is 42.0 Å². The Labute approximate surface area is 132 Å². The zero-order valence-corrected chi connectivity index (χ0v) is 12.8. The van der Waals surface area contributed by atoms with Crippen LogP contribution in [-0.4, -0.2) is 26.6 Å². The SMILES string of the molecule is COc1ccc(Oc2c(N)cc(C(=O)O)cc2S(N)(=O)=O)cc1. The molecule has 0 fully saturated rings. The summed E-state index contributed by atoms with van der Waals surface area (Å²) < 4.78 is 33.9. The van der Waals surface area contributed by atoms with E-state index in [1.807, 2.05) is 0 Å². The van der Waals surface area contributed by atoms with E-state index in [4.69, 9.17) is 25.5 Å². The fraction of sp³-hybridized carbons (Fsp3) is 0.0714. The van der Waals surface area contributed by atoms with Crippen molar-refractivity contribution in [1.29, 1.82) is 0 Å². The zero-order chi connectivity index (χ0) is 17.2. The van der Waals surface area contributed by atoms with Crippen LogP contribution < -0.4 is 20.3 Å². The van der Waals surface area contributed by atoms with E-state index in [1.54, 1.807) is 12.1 Å². The fourth-order valence-electron chi connectivity index (χ4n) is 1.83. The topological polar surface area (TPSA) is 142 Å². The van der Waals surface area contributed by atoms with Crippen LogP contribution in [0.3, 0.4) is 0 Å². The molecule has 0 spiro atoms. The molecule has 2 aromatic carbocycles. The minimum Gasteiger partial charge on any atom is -0.497 e. The second-order valence-electron chi connectivity index (χ2n) is 4.52. The van der Waals surface area contributed by atoms with Crippen LogP contribution in [-0.2, 0) is 10.0 Å². The van der Waals surface area contributed by atoms with Gasteiger partial charge in [-0.05, 0) is 36.4 Å². The van der Waals surface area contributed by atoms with E-state index in [2.05, 4.69) is 0 Å². The van der Waals surface area contributed by atoms with Crippen molar-refractivity contribution in [3.8, 4) is 17.2 Å². The molecule has 0 unspecified atom stereocenters. The number of sulfonamides is 1. The molecular weight excluding hydrogens is 324 g/mol. The first-order valence-corrected chi connectivity index (χ1v) is 7.78. The molecule has 8 nitrogen and oxygen atoms in total. The molecule has 0 radical (unpaired) electrons. The van der Waals surface area contributed by atoms with Gasteiger partial charge >= 0.3 is 5.97 Å². The van der Waals surface area contributed by atoms with Gasteiger partial charge in [0.15, 0.2) is 5.75 Å². The Morgan fingerprint density at radius 1 is 1.13 bits per heavy atom. The molecule has 23 heavy (non-hydrogen) atoms. The van der Waals surface area contributed by atoms with E-state index >= 15 is 0 Å². The Balaban J connectivity index is 2.54. The van der Waals surface area contributed by atoms with Crippen molar-refractivity contribution in [1.82, 2.24) is 0 Å². The number of ether oxygens (including phenoxy) is 2. The number of anilines is 1. The molecule has 0 aliphatic rings. The van der Waals surface area contributed by atoms with Crippen molar-refractivity contribution in [2.75, 3.05) is 12.8 Å². The molecule has 122 valence electrons. The minimum absolute atomic E-state index is 0.162. The summed E-state index contributed by atoms with van der Waals surface area (Å²) in [6.07, 6.45) is 0. The number of aromatic carboxylic acids is 1. The van der Waals surface area contributed by atoms with Gasteiger partial charge in [0.1, 0.15) is 16.4 Å². The predicted molar refractivity (Wildman–Crippen MR) is 82.3 cm³/mol. The largest absolute Gasteiger partial charge is 0.497 e. The molecule has 0 bridgehead atoms. The van der Waals surface area contributed by atoms with Gasteiger partial charge in [0.2, 0.25) is 10.0 Å². The first-order valence-electron chi connectivity index (χ1n) is 6.24. The summed E-state index contributed by atoms with van der Waals surface area (Å²) in [5, 5.41) is 14.1. The molecule has 0 saturated heterocycles. The number of hydrogen-bond acceptors (Lipinski definition) is 6. The van der Waals surface area contributed by atoms with Gasteiger partial charge in [-0.3, -0.25) is 0 Å². The molecule has 0 atom stereocenters. The van der Waals surface area contributed by atoms with Crippen LogP contribution in [0.15, 0.2) is 41.3 Å². The highest BCUT2D eigenvalue weighted by Gasteiger charge is 2.22. The van der Waals surface area contributed by atoms with Gasteiger partial charge in [0, 0.05) is 0 Å². The molecule has 0 aromatic heterocycles. The highest BCUT2D eigenvalue weighted by atomic mass is 32.2. The van der Waals surface area contributed by atoms with Gasteiger partial charge < -0.3 is 20.3 Å². The van der Waals surface area contributed by atoms with Crippen LogP contribution in [0.2, 0.25) is 0 Å². The number of carbonyl (C=O) groups is 1. The maximum atomic E-state index is 11.7. The molecular formula is C14H14N2O6S. The molecule has 0 aliphatic heterocycles. The zero-order valence-electron chi connectivity index (χ0n) is 12.0. The summed E-state index contributed by atoms with van der Waals surface area (Å²) in [6, 6.07) is 8.27. The number of nitrogen functional groups attached to an aromatic ring is 1. The van der Waals surface area contributed by atoms with Crippen molar-refractivity contribution in [3.63, 3.8) is 0 Å². The number of rotatable bonds is 5. The second kappa shape index (κ2) is 6.15. The molecule has 0 saturated carbocycles. The first-order chi connectivity index (χ1) is 10.7. The number of primary sulfonamides is 1. The van der Waals surface area contributed by atoms with Gasteiger partial charge in [-0.1, -0.05) is 0 Å². The van der Waals surface area contributed by atoms with Crippen LogP contribution >= 0.6 is 0 Å². The maximum absolute atomic E-state index is 11.7. The van der Waals surface area contributed by atoms with E-state index < -0.39 is 20.9 Å². The number of benzene rings is 2. The number of methoxy groups -OCH3 is 1. The van der Waals surface area contributed by atoms with Crippen molar-refractivity contribution in [2.45, 2.75) is 4.90 Å². The highest BCUT2D eigenvalue weighted by molar-refractivity contribution is 7.89. The minimum atomic E-state index is -4.24. The van der Waals surface area contributed by atoms with E-state index in [0.717, 1.165) is 12.1 Å². The normalized spacial score (nSPS) is 11.0. The van der Waals surface area contributed by atoms with Gasteiger partial charge in [-0.25, -0.2) is 18.4 Å². The van der Waals surface area contributed by atoms with Crippen LogP contribution in [0.1, 0.15) is 10.4 Å². The number of nitrogens with two attached hydrogens (primary N) is 2. The van der Waals surface area contributed by atoms with Gasteiger partial charge in [-0.2, -0.15) is 0 Å². The van der Waals surface area contributed by atoms with E-state index in [-0.39, 0.29) is 22.7 Å². The lowest BCUT2D eigenvalue weighted by molar-refractivity contribution is 0.0696. The van der Waals surface area contributed by atoms with Crippen LogP contribution in [0.5, 0.6) is 17.2 Å². The Bertz CT molecular complexity index is 846. The standard InChI is InChI=1S/C14H14N2O6S/c1-21-9-2-4-10(5-3-9)22-13-11(15)6-8(14(17)18)7-12(13)23(16,19)20/h2-7H,15H2,1H3,(H,17,18)(H2,16,19,20). The lowest BCUT2D eigenvalue weighted by Gasteiger charge is -2.13. The summed E-state index contributed by atoms with van der Waals surface area (Å²) in [5.74, 6) is -0.705. The molecule has 2 aromatic rings. The Morgan fingerprint density at radius 2 is 1.70 bits per heavy atom. The summed E-state index contributed by atoms with van der Waals surface area (Å²) in [6.45, 7) is 0. The maximum Gasteiger partial charge on any atom is 0.335 e. The molecule has 0 aliphatic carbocycles. The Hall–Kier alpha value is -2.78. The predicted octanol–water partition coefficient (Wildman–Crippen LogP) is 1.42. The number of carboxylic acids is 1. The third-order valence-corrected chi connectivity index (χ3v) is 3.83. The average molecular weight is 338 g/mol. The third-order valence-electron chi connectivity index (χ3n) is 2.92.